The minimum absolute atomic E-state index is 0.142. The first-order valence-corrected chi connectivity index (χ1v) is 8.91. The van der Waals surface area contributed by atoms with Gasteiger partial charge in [-0.25, -0.2) is 4.98 Å². The van der Waals surface area contributed by atoms with Crippen molar-refractivity contribution in [3.05, 3.63) is 36.3 Å². The molecule has 25 heavy (non-hydrogen) atoms. The van der Waals surface area contributed by atoms with E-state index in [1.54, 1.807) is 12.4 Å². The van der Waals surface area contributed by atoms with Crippen LogP contribution in [0.15, 0.2) is 30.7 Å². The molecule has 0 radical (unpaired) electrons. The van der Waals surface area contributed by atoms with E-state index >= 15 is 0 Å². The quantitative estimate of drug-likeness (QED) is 0.897. The summed E-state index contributed by atoms with van der Waals surface area (Å²) in [5.41, 5.74) is 1.29. The maximum Gasteiger partial charge on any atom is 0.258 e. The first-order valence-electron chi connectivity index (χ1n) is 8.91. The normalized spacial score (nSPS) is 18.4. The number of nitrogens with one attached hydrogen (secondary N) is 1. The van der Waals surface area contributed by atoms with Crippen LogP contribution < -0.4 is 10.2 Å². The number of carbonyl (C=O) groups is 1. The fraction of sp³-hybridized carbons (Fsp3) is 0.500. The van der Waals surface area contributed by atoms with Gasteiger partial charge in [0, 0.05) is 38.9 Å². The number of rotatable bonds is 5. The molecule has 2 aliphatic rings. The van der Waals surface area contributed by atoms with Crippen molar-refractivity contribution in [3.63, 3.8) is 0 Å². The van der Waals surface area contributed by atoms with Crippen LogP contribution in [0, 0.1) is 5.92 Å². The highest BCUT2D eigenvalue weighted by Gasteiger charge is 2.22. The number of anilines is 2. The molecule has 0 bridgehead atoms. The molecule has 2 fully saturated rings. The molecule has 7 heteroatoms. The molecule has 1 saturated heterocycles. The molecular formula is C18H24N6O. The smallest absolute Gasteiger partial charge is 0.258 e. The standard InChI is InChI=1S/C18H24N6O/c1-22-6-8-23(9-7-22)17-5-4-16(11-19-17)21-18(25)15-10-20-24(13-15)12-14-2-3-14/h4-5,10-11,13-14H,2-3,6-9,12H2,1H3,(H,21,25). The molecule has 1 aliphatic heterocycles. The summed E-state index contributed by atoms with van der Waals surface area (Å²) in [5.74, 6) is 1.56. The van der Waals surface area contributed by atoms with Crippen LogP contribution in [0.5, 0.6) is 0 Å². The van der Waals surface area contributed by atoms with Gasteiger partial charge in [0.1, 0.15) is 5.82 Å². The van der Waals surface area contributed by atoms with Crippen molar-refractivity contribution in [2.75, 3.05) is 43.4 Å². The Hall–Kier alpha value is -2.41. The molecule has 0 atom stereocenters. The Kier molecular flexibility index (Phi) is 4.40. The summed E-state index contributed by atoms with van der Waals surface area (Å²) < 4.78 is 1.86. The molecule has 2 aromatic rings. The summed E-state index contributed by atoms with van der Waals surface area (Å²) in [7, 11) is 2.14. The van der Waals surface area contributed by atoms with Gasteiger partial charge in [0.25, 0.3) is 5.91 Å². The third-order valence-corrected chi connectivity index (χ3v) is 4.87. The van der Waals surface area contributed by atoms with E-state index in [-0.39, 0.29) is 5.91 Å². The maximum atomic E-state index is 12.3. The van der Waals surface area contributed by atoms with Crippen LogP contribution in [0.1, 0.15) is 23.2 Å². The Balaban J connectivity index is 1.35. The zero-order chi connectivity index (χ0) is 17.2. The SMILES string of the molecule is CN1CCN(c2ccc(NC(=O)c3cnn(CC4CC4)c3)cn2)CC1. The molecule has 3 heterocycles. The van der Waals surface area contributed by atoms with Gasteiger partial charge in [0.05, 0.1) is 23.6 Å². The summed E-state index contributed by atoms with van der Waals surface area (Å²) in [6.45, 7) is 4.97. The van der Waals surface area contributed by atoms with Gasteiger partial charge in [-0.05, 0) is 37.9 Å². The number of nitrogens with zero attached hydrogens (tertiary/aromatic N) is 5. The van der Waals surface area contributed by atoms with E-state index in [0.29, 0.717) is 11.3 Å². The molecule has 1 saturated carbocycles. The van der Waals surface area contributed by atoms with Crippen LogP contribution in [0.2, 0.25) is 0 Å². The topological polar surface area (TPSA) is 66.3 Å². The number of hydrogen-bond donors (Lipinski definition) is 1. The Morgan fingerprint density at radius 2 is 2.00 bits per heavy atom. The summed E-state index contributed by atoms with van der Waals surface area (Å²) in [4.78, 5) is 21.4. The van der Waals surface area contributed by atoms with Gasteiger partial charge in [-0.2, -0.15) is 5.10 Å². The second-order valence-corrected chi connectivity index (χ2v) is 7.04. The van der Waals surface area contributed by atoms with E-state index in [4.69, 9.17) is 0 Å². The Morgan fingerprint density at radius 1 is 1.20 bits per heavy atom. The lowest BCUT2D eigenvalue weighted by molar-refractivity contribution is 0.102. The van der Waals surface area contributed by atoms with Crippen LogP contribution in [-0.4, -0.2) is 58.8 Å². The highest BCUT2D eigenvalue weighted by atomic mass is 16.1. The molecule has 2 aromatic heterocycles. The third-order valence-electron chi connectivity index (χ3n) is 4.87. The van der Waals surface area contributed by atoms with Gasteiger partial charge in [-0.1, -0.05) is 0 Å². The van der Waals surface area contributed by atoms with Crippen LogP contribution in [0.25, 0.3) is 0 Å². The Morgan fingerprint density at radius 3 is 2.68 bits per heavy atom. The van der Waals surface area contributed by atoms with Gasteiger partial charge < -0.3 is 15.1 Å². The number of aromatic nitrogens is 3. The van der Waals surface area contributed by atoms with Crippen LogP contribution in [0.4, 0.5) is 11.5 Å². The zero-order valence-electron chi connectivity index (χ0n) is 14.6. The average molecular weight is 340 g/mol. The number of pyridine rings is 1. The summed E-state index contributed by atoms with van der Waals surface area (Å²) in [6, 6.07) is 3.88. The minimum Gasteiger partial charge on any atom is -0.354 e. The molecule has 132 valence electrons. The van der Waals surface area contributed by atoms with E-state index in [0.717, 1.165) is 44.5 Å². The van der Waals surface area contributed by atoms with E-state index in [1.165, 1.54) is 12.8 Å². The number of likely N-dealkylation sites (N-methyl/N-ethyl adjacent to an activating group) is 1. The lowest BCUT2D eigenvalue weighted by atomic mass is 10.3. The molecule has 1 aliphatic carbocycles. The van der Waals surface area contributed by atoms with Crippen molar-refractivity contribution in [1.29, 1.82) is 0 Å². The molecule has 7 nitrogen and oxygen atoms in total. The molecule has 4 rings (SSSR count). The fourth-order valence-electron chi connectivity index (χ4n) is 3.03. The van der Waals surface area contributed by atoms with Crippen molar-refractivity contribution in [2.24, 2.45) is 5.92 Å². The van der Waals surface area contributed by atoms with E-state index in [1.807, 2.05) is 23.0 Å². The highest BCUT2D eigenvalue weighted by Crippen LogP contribution is 2.30. The number of carbonyl (C=O) groups excluding carboxylic acids is 1. The number of amides is 1. The monoisotopic (exact) mass is 340 g/mol. The van der Waals surface area contributed by atoms with Crippen molar-refractivity contribution in [2.45, 2.75) is 19.4 Å². The van der Waals surface area contributed by atoms with Crippen molar-refractivity contribution >= 4 is 17.4 Å². The van der Waals surface area contributed by atoms with E-state index in [9.17, 15) is 4.79 Å². The lowest BCUT2D eigenvalue weighted by Gasteiger charge is -2.33. The lowest BCUT2D eigenvalue weighted by Crippen LogP contribution is -2.44. The van der Waals surface area contributed by atoms with Crippen LogP contribution in [-0.2, 0) is 6.54 Å². The Bertz CT molecular complexity index is 728. The number of piperazine rings is 1. The Labute approximate surface area is 147 Å². The summed E-state index contributed by atoms with van der Waals surface area (Å²) >= 11 is 0. The minimum atomic E-state index is -0.142. The summed E-state index contributed by atoms with van der Waals surface area (Å²) in [5, 5.41) is 7.17. The van der Waals surface area contributed by atoms with E-state index < -0.39 is 0 Å². The van der Waals surface area contributed by atoms with Crippen LogP contribution in [0.3, 0.4) is 0 Å². The van der Waals surface area contributed by atoms with Gasteiger partial charge >= 0.3 is 0 Å². The van der Waals surface area contributed by atoms with Gasteiger partial charge in [0.2, 0.25) is 0 Å². The molecule has 1 N–H and O–H groups in total. The molecule has 0 aromatic carbocycles. The second-order valence-electron chi connectivity index (χ2n) is 7.04. The first-order chi connectivity index (χ1) is 12.2. The molecular weight excluding hydrogens is 316 g/mol. The van der Waals surface area contributed by atoms with Gasteiger partial charge in [-0.3, -0.25) is 9.48 Å². The average Bonchev–Trinajstić information content (AvgIpc) is 3.31. The summed E-state index contributed by atoms with van der Waals surface area (Å²) in [6.07, 6.45) is 7.71. The fourth-order valence-corrected chi connectivity index (χ4v) is 3.03. The molecule has 0 spiro atoms. The molecule has 0 unspecified atom stereocenters. The van der Waals surface area contributed by atoms with Crippen molar-refractivity contribution < 1.29 is 4.79 Å². The zero-order valence-corrected chi connectivity index (χ0v) is 14.6. The van der Waals surface area contributed by atoms with Crippen LogP contribution >= 0.6 is 0 Å². The third kappa shape index (κ3) is 3.99. The van der Waals surface area contributed by atoms with Crippen molar-refractivity contribution in [3.8, 4) is 0 Å². The van der Waals surface area contributed by atoms with Gasteiger partial charge in [0.15, 0.2) is 0 Å². The second kappa shape index (κ2) is 6.84. The number of hydrogen-bond acceptors (Lipinski definition) is 5. The molecule has 1 amide bonds. The maximum absolute atomic E-state index is 12.3. The van der Waals surface area contributed by atoms with Crippen molar-refractivity contribution in [1.82, 2.24) is 19.7 Å². The van der Waals surface area contributed by atoms with Gasteiger partial charge in [-0.15, -0.1) is 0 Å². The predicted molar refractivity (Wildman–Crippen MR) is 96.9 cm³/mol. The predicted octanol–water partition coefficient (Wildman–Crippen LogP) is 1.69. The highest BCUT2D eigenvalue weighted by molar-refractivity contribution is 6.03. The largest absolute Gasteiger partial charge is 0.354 e. The van der Waals surface area contributed by atoms with E-state index in [2.05, 4.69) is 32.2 Å². The first kappa shape index (κ1) is 16.1.